The van der Waals surface area contributed by atoms with Gasteiger partial charge in [-0.2, -0.15) is 23.4 Å². The molecular weight excluding hydrogens is 409 g/mol. The van der Waals surface area contributed by atoms with Crippen molar-refractivity contribution < 1.29 is 13.2 Å². The van der Waals surface area contributed by atoms with E-state index in [2.05, 4.69) is 25.3 Å². The first-order valence-electron chi connectivity index (χ1n) is 9.76. The predicted molar refractivity (Wildman–Crippen MR) is 104 cm³/mol. The van der Waals surface area contributed by atoms with Gasteiger partial charge in [-0.05, 0) is 31.0 Å². The molecule has 8 nitrogen and oxygen atoms in total. The summed E-state index contributed by atoms with van der Waals surface area (Å²) in [5.74, 6) is 0.471. The largest absolute Gasteiger partial charge is 0.435 e. The van der Waals surface area contributed by atoms with E-state index >= 15 is 0 Å². The number of rotatable bonds is 4. The van der Waals surface area contributed by atoms with Crippen LogP contribution >= 0.6 is 0 Å². The van der Waals surface area contributed by atoms with Crippen LogP contribution in [-0.2, 0) is 12.7 Å². The summed E-state index contributed by atoms with van der Waals surface area (Å²) in [5.41, 5.74) is 1.71. The van der Waals surface area contributed by atoms with Crippen LogP contribution in [-0.4, -0.2) is 39.1 Å². The fraction of sp³-hybridized carbons (Fsp3) is 0.250. The summed E-state index contributed by atoms with van der Waals surface area (Å²) in [6.45, 7) is 0.0535. The van der Waals surface area contributed by atoms with E-state index in [1.165, 1.54) is 15.5 Å². The third-order valence-electron chi connectivity index (χ3n) is 5.34. The lowest BCUT2D eigenvalue weighted by atomic mass is 10.2. The van der Waals surface area contributed by atoms with Crippen LogP contribution in [0, 0.1) is 0 Å². The summed E-state index contributed by atoms with van der Waals surface area (Å²) in [6.07, 6.45) is 0.439. The fourth-order valence-corrected chi connectivity index (χ4v) is 3.73. The molecular formula is C20H15F3N8. The van der Waals surface area contributed by atoms with E-state index in [9.17, 15) is 13.2 Å². The van der Waals surface area contributed by atoms with Gasteiger partial charge in [0.1, 0.15) is 12.9 Å². The molecule has 0 N–H and O–H groups in total. The monoisotopic (exact) mass is 424 g/mol. The highest BCUT2D eigenvalue weighted by molar-refractivity contribution is 5.89. The van der Waals surface area contributed by atoms with Crippen LogP contribution in [0.1, 0.15) is 36.0 Å². The first-order chi connectivity index (χ1) is 15.0. The van der Waals surface area contributed by atoms with Gasteiger partial charge >= 0.3 is 6.18 Å². The molecule has 0 unspecified atom stereocenters. The maximum absolute atomic E-state index is 13.2. The lowest BCUT2D eigenvalue weighted by Crippen LogP contribution is -2.10. The second-order valence-corrected chi connectivity index (χ2v) is 7.55. The number of nitrogens with zero attached hydrogens (tertiary/aromatic N) is 8. The van der Waals surface area contributed by atoms with Crippen molar-refractivity contribution in [1.82, 2.24) is 39.1 Å². The Kier molecular flexibility index (Phi) is 3.71. The minimum Gasteiger partial charge on any atom is -0.261 e. The maximum Gasteiger partial charge on any atom is 0.435 e. The van der Waals surface area contributed by atoms with Crippen LogP contribution in [0.5, 0.6) is 0 Å². The van der Waals surface area contributed by atoms with Gasteiger partial charge < -0.3 is 0 Å². The van der Waals surface area contributed by atoms with Crippen LogP contribution in [0.4, 0.5) is 13.2 Å². The Bertz CT molecular complexity index is 1410. The summed E-state index contributed by atoms with van der Waals surface area (Å²) in [5, 5.41) is 13.3. The number of aromatic nitrogens is 8. The van der Waals surface area contributed by atoms with Gasteiger partial charge in [-0.1, -0.05) is 18.2 Å². The number of benzene rings is 1. The second kappa shape index (κ2) is 6.37. The molecule has 1 aromatic carbocycles. The van der Waals surface area contributed by atoms with E-state index in [-0.39, 0.29) is 12.5 Å². The molecule has 0 amide bonds. The predicted octanol–water partition coefficient (Wildman–Crippen LogP) is 3.60. The minimum absolute atomic E-state index is 0.0535. The molecule has 0 bridgehead atoms. The number of hydrogen-bond donors (Lipinski definition) is 0. The molecule has 156 valence electrons. The average Bonchev–Trinajstić information content (AvgIpc) is 3.17. The van der Waals surface area contributed by atoms with Crippen LogP contribution in [0.2, 0.25) is 0 Å². The van der Waals surface area contributed by atoms with Crippen molar-refractivity contribution in [1.29, 1.82) is 0 Å². The SMILES string of the molecule is FC(F)(F)c1cc(C2CC2)n(Cc2nc3c4cnn(-c5ccccc5)c4ncn3n2)n1. The zero-order chi connectivity index (χ0) is 21.2. The molecule has 1 aliphatic rings. The molecule has 0 aliphatic heterocycles. The lowest BCUT2D eigenvalue weighted by Gasteiger charge is -2.03. The van der Waals surface area contributed by atoms with Crippen molar-refractivity contribution in [3.05, 3.63) is 66.1 Å². The Labute approximate surface area is 173 Å². The van der Waals surface area contributed by atoms with Crippen LogP contribution in [0.15, 0.2) is 48.9 Å². The highest BCUT2D eigenvalue weighted by atomic mass is 19.4. The van der Waals surface area contributed by atoms with E-state index in [4.69, 9.17) is 0 Å². The normalized spacial score (nSPS) is 14.7. The van der Waals surface area contributed by atoms with Gasteiger partial charge in [0.25, 0.3) is 0 Å². The van der Waals surface area contributed by atoms with E-state index in [1.54, 1.807) is 10.9 Å². The molecule has 0 radical (unpaired) electrons. The summed E-state index contributed by atoms with van der Waals surface area (Å²) in [7, 11) is 0. The summed E-state index contributed by atoms with van der Waals surface area (Å²) in [4.78, 5) is 9.00. The fourth-order valence-electron chi connectivity index (χ4n) is 3.73. The number of para-hydroxylation sites is 1. The van der Waals surface area contributed by atoms with Crippen molar-refractivity contribution >= 4 is 16.7 Å². The molecule has 31 heavy (non-hydrogen) atoms. The molecule has 5 aromatic rings. The van der Waals surface area contributed by atoms with Crippen molar-refractivity contribution in [2.24, 2.45) is 0 Å². The lowest BCUT2D eigenvalue weighted by molar-refractivity contribution is -0.141. The molecule has 0 atom stereocenters. The zero-order valence-electron chi connectivity index (χ0n) is 16.0. The quantitative estimate of drug-likeness (QED) is 0.441. The second-order valence-electron chi connectivity index (χ2n) is 7.55. The third-order valence-corrected chi connectivity index (χ3v) is 5.34. The van der Waals surface area contributed by atoms with Crippen LogP contribution in [0.25, 0.3) is 22.4 Å². The van der Waals surface area contributed by atoms with E-state index in [0.29, 0.717) is 28.2 Å². The zero-order valence-corrected chi connectivity index (χ0v) is 16.0. The number of fused-ring (bicyclic) bond motifs is 3. The van der Waals surface area contributed by atoms with Crippen LogP contribution in [0.3, 0.4) is 0 Å². The van der Waals surface area contributed by atoms with Crippen LogP contribution < -0.4 is 0 Å². The highest BCUT2D eigenvalue weighted by Gasteiger charge is 2.38. The van der Waals surface area contributed by atoms with Crippen molar-refractivity contribution in [2.45, 2.75) is 31.5 Å². The Morgan fingerprint density at radius 1 is 1.03 bits per heavy atom. The van der Waals surface area contributed by atoms with Gasteiger partial charge in [-0.15, -0.1) is 5.10 Å². The average molecular weight is 424 g/mol. The summed E-state index contributed by atoms with van der Waals surface area (Å²) < 4.78 is 44.1. The summed E-state index contributed by atoms with van der Waals surface area (Å²) >= 11 is 0. The van der Waals surface area contributed by atoms with Gasteiger partial charge in [-0.25, -0.2) is 19.2 Å². The first-order valence-corrected chi connectivity index (χ1v) is 9.76. The number of halogens is 3. The van der Waals surface area contributed by atoms with Gasteiger partial charge in [0.05, 0.1) is 17.3 Å². The van der Waals surface area contributed by atoms with Gasteiger partial charge in [0, 0.05) is 11.6 Å². The molecule has 1 fully saturated rings. The highest BCUT2D eigenvalue weighted by Crippen LogP contribution is 2.42. The standard InChI is InChI=1S/C20H15F3N8/c21-20(22,23)16-8-15(12-6-7-12)29(27-16)10-17-26-19-14-9-25-31(13-4-2-1-3-5-13)18(14)24-11-30(19)28-17/h1-5,8-9,11-12H,6-7,10H2. The topological polar surface area (TPSA) is 78.7 Å². The van der Waals surface area contributed by atoms with Crippen molar-refractivity contribution in [3.8, 4) is 5.69 Å². The molecule has 1 aliphatic carbocycles. The van der Waals surface area contributed by atoms with E-state index < -0.39 is 11.9 Å². The maximum atomic E-state index is 13.2. The molecule has 0 spiro atoms. The smallest absolute Gasteiger partial charge is 0.261 e. The first kappa shape index (κ1) is 18.0. The number of hydrogen-bond acceptors (Lipinski definition) is 5. The van der Waals surface area contributed by atoms with E-state index in [0.717, 1.165) is 24.6 Å². The van der Waals surface area contributed by atoms with E-state index in [1.807, 2.05) is 30.3 Å². The molecule has 4 heterocycles. The Hall–Kier alpha value is -3.76. The molecule has 0 saturated heterocycles. The van der Waals surface area contributed by atoms with Gasteiger partial charge in [0.15, 0.2) is 22.8 Å². The Morgan fingerprint density at radius 3 is 2.58 bits per heavy atom. The van der Waals surface area contributed by atoms with Gasteiger partial charge in [-0.3, -0.25) is 4.68 Å². The van der Waals surface area contributed by atoms with Crippen molar-refractivity contribution in [3.63, 3.8) is 0 Å². The van der Waals surface area contributed by atoms with Crippen molar-refractivity contribution in [2.75, 3.05) is 0 Å². The molecule has 11 heteroatoms. The van der Waals surface area contributed by atoms with Gasteiger partial charge in [0.2, 0.25) is 0 Å². The molecule has 4 aromatic heterocycles. The molecule has 6 rings (SSSR count). The molecule has 1 saturated carbocycles. The Balaban J connectivity index is 1.41. The summed E-state index contributed by atoms with van der Waals surface area (Å²) in [6, 6.07) is 10.7. The third kappa shape index (κ3) is 3.04. The number of alkyl halides is 3. The minimum atomic E-state index is -4.48. The Morgan fingerprint density at radius 2 is 1.84 bits per heavy atom.